The molecule has 0 saturated heterocycles. The lowest BCUT2D eigenvalue weighted by molar-refractivity contribution is -0.195. The highest BCUT2D eigenvalue weighted by Gasteiger charge is 2.34. The summed E-state index contributed by atoms with van der Waals surface area (Å²) in [6, 6.07) is 15.9. The number of aryl methyl sites for hydroxylation is 1. The van der Waals surface area contributed by atoms with Gasteiger partial charge in [-0.2, -0.15) is 13.2 Å². The van der Waals surface area contributed by atoms with Gasteiger partial charge in [0, 0.05) is 5.56 Å². The molecule has 1 saturated carbocycles. The first-order valence-corrected chi connectivity index (χ1v) is 11.7. The Hall–Kier alpha value is -3.28. The highest BCUT2D eigenvalue weighted by atomic mass is 19.3. The number of benzene rings is 3. The predicted molar refractivity (Wildman–Crippen MR) is 129 cm³/mol. The Morgan fingerprint density at radius 2 is 1.54 bits per heavy atom. The van der Waals surface area contributed by atoms with Crippen molar-refractivity contribution in [2.45, 2.75) is 44.6 Å². The predicted octanol–water partition coefficient (Wildman–Crippen LogP) is 8.45. The lowest BCUT2D eigenvalue weighted by Gasteiger charge is -2.27. The first kappa shape index (κ1) is 24.8. The monoisotopic (exact) mass is 484 g/mol. The molecule has 0 unspecified atom stereocenters. The quantitative estimate of drug-likeness (QED) is 0.236. The van der Waals surface area contributed by atoms with Gasteiger partial charge >= 0.3 is 6.11 Å². The Morgan fingerprint density at radius 3 is 2.17 bits per heavy atom. The zero-order valence-corrected chi connectivity index (χ0v) is 19.6. The van der Waals surface area contributed by atoms with E-state index in [-0.39, 0.29) is 11.3 Å². The fraction of sp³-hybridized carbons (Fsp3) is 0.310. The normalized spacial score (nSPS) is 18.2. The van der Waals surface area contributed by atoms with Crippen LogP contribution in [0.3, 0.4) is 0 Å². The van der Waals surface area contributed by atoms with Gasteiger partial charge in [-0.1, -0.05) is 48.0 Å². The van der Waals surface area contributed by atoms with Gasteiger partial charge in [-0.15, -0.1) is 6.58 Å². The summed E-state index contributed by atoms with van der Waals surface area (Å²) in [5, 5.41) is 0. The number of ether oxygens (including phenoxy) is 2. The van der Waals surface area contributed by atoms with Crippen LogP contribution in [0.4, 0.5) is 17.6 Å². The molecule has 2 nitrogen and oxygen atoms in total. The smallest absolute Gasteiger partial charge is 0.432 e. The van der Waals surface area contributed by atoms with E-state index >= 15 is 0 Å². The van der Waals surface area contributed by atoms with Crippen molar-refractivity contribution in [3.8, 4) is 22.6 Å². The minimum atomic E-state index is -3.73. The summed E-state index contributed by atoms with van der Waals surface area (Å²) in [7, 11) is 0. The molecule has 6 heteroatoms. The van der Waals surface area contributed by atoms with Crippen LogP contribution in [0, 0.1) is 24.5 Å². The maximum atomic E-state index is 14.6. The van der Waals surface area contributed by atoms with Gasteiger partial charge in [0.1, 0.15) is 5.75 Å². The lowest BCUT2D eigenvalue weighted by atomic mass is 9.79. The molecule has 0 N–H and O–H groups in total. The van der Waals surface area contributed by atoms with E-state index in [1.54, 1.807) is 36.4 Å². The Balaban J connectivity index is 1.37. The maximum Gasteiger partial charge on any atom is 0.432 e. The first-order valence-electron chi connectivity index (χ1n) is 11.7. The van der Waals surface area contributed by atoms with Crippen molar-refractivity contribution < 1.29 is 27.0 Å². The third kappa shape index (κ3) is 6.05. The molecular weight excluding hydrogens is 456 g/mol. The number of hydrogen-bond acceptors (Lipinski definition) is 2. The van der Waals surface area contributed by atoms with Gasteiger partial charge < -0.3 is 9.47 Å². The van der Waals surface area contributed by atoms with Gasteiger partial charge in [-0.25, -0.2) is 4.39 Å². The second-order valence-corrected chi connectivity index (χ2v) is 9.05. The van der Waals surface area contributed by atoms with Gasteiger partial charge in [0.2, 0.25) is 5.82 Å². The largest absolute Gasteiger partial charge is 0.480 e. The summed E-state index contributed by atoms with van der Waals surface area (Å²) < 4.78 is 67.5. The molecule has 4 rings (SSSR count). The van der Waals surface area contributed by atoms with Gasteiger partial charge in [-0.3, -0.25) is 0 Å². The SMILES string of the molecule is C=CC1CCC(c2ccc(OC(F)(F)COc3ccc(-c4ccc(C)cc4)c(F)c3F)cc2)CC1. The molecule has 3 aromatic carbocycles. The molecule has 0 aromatic heterocycles. The summed E-state index contributed by atoms with van der Waals surface area (Å²) in [6.45, 7) is 4.47. The molecule has 0 radical (unpaired) electrons. The second kappa shape index (κ2) is 10.5. The minimum Gasteiger partial charge on any atom is -0.480 e. The summed E-state index contributed by atoms with van der Waals surface area (Å²) >= 11 is 0. The van der Waals surface area contributed by atoms with Crippen LogP contribution in [0.15, 0.2) is 73.3 Å². The molecule has 1 fully saturated rings. The van der Waals surface area contributed by atoms with Crippen molar-refractivity contribution in [3.05, 3.63) is 96.1 Å². The van der Waals surface area contributed by atoms with Crippen molar-refractivity contribution in [2.24, 2.45) is 5.92 Å². The van der Waals surface area contributed by atoms with Crippen LogP contribution in [-0.2, 0) is 0 Å². The topological polar surface area (TPSA) is 18.5 Å². The van der Waals surface area contributed by atoms with Crippen molar-refractivity contribution in [1.29, 1.82) is 0 Å². The van der Waals surface area contributed by atoms with Gasteiger partial charge in [0.05, 0.1) is 0 Å². The number of alkyl halides is 2. The van der Waals surface area contributed by atoms with Crippen LogP contribution in [0.5, 0.6) is 11.5 Å². The van der Waals surface area contributed by atoms with Crippen molar-refractivity contribution in [3.63, 3.8) is 0 Å². The van der Waals surface area contributed by atoms with Gasteiger partial charge in [-0.05, 0) is 79.8 Å². The van der Waals surface area contributed by atoms with E-state index < -0.39 is 30.1 Å². The zero-order chi connectivity index (χ0) is 25.0. The lowest BCUT2D eigenvalue weighted by Crippen LogP contribution is -2.32. The Kier molecular flexibility index (Phi) is 7.48. The summed E-state index contributed by atoms with van der Waals surface area (Å²) in [5.74, 6) is -2.17. The summed E-state index contributed by atoms with van der Waals surface area (Å²) in [4.78, 5) is 0. The van der Waals surface area contributed by atoms with Crippen molar-refractivity contribution in [1.82, 2.24) is 0 Å². The second-order valence-electron chi connectivity index (χ2n) is 9.05. The highest BCUT2D eigenvalue weighted by molar-refractivity contribution is 5.65. The number of rotatable bonds is 8. The van der Waals surface area contributed by atoms with Crippen LogP contribution in [0.1, 0.15) is 42.7 Å². The fourth-order valence-corrected chi connectivity index (χ4v) is 4.46. The molecule has 0 bridgehead atoms. The van der Waals surface area contributed by atoms with Crippen LogP contribution in [-0.4, -0.2) is 12.7 Å². The third-order valence-electron chi connectivity index (χ3n) is 6.53. The van der Waals surface area contributed by atoms with E-state index in [4.69, 9.17) is 9.47 Å². The van der Waals surface area contributed by atoms with Gasteiger partial charge in [0.15, 0.2) is 18.2 Å². The molecule has 0 aliphatic heterocycles. The molecule has 0 amide bonds. The molecule has 35 heavy (non-hydrogen) atoms. The number of halogens is 4. The highest BCUT2D eigenvalue weighted by Crippen LogP contribution is 2.37. The summed E-state index contributed by atoms with van der Waals surface area (Å²) in [6.07, 6.45) is 2.48. The Bertz CT molecular complexity index is 1150. The van der Waals surface area contributed by atoms with Crippen LogP contribution in [0.25, 0.3) is 11.1 Å². The van der Waals surface area contributed by atoms with E-state index in [2.05, 4.69) is 6.58 Å². The standard InChI is InChI=1S/C29H28F4O2/c1-3-20-6-10-21(11-7-20)22-12-14-24(15-13-22)35-29(32,33)18-34-26-17-16-25(27(30)28(26)31)23-8-4-19(2)5-9-23/h3-5,8-9,12-17,20-21H,1,6-7,10-11,18H2,2H3. The molecule has 0 atom stereocenters. The van der Waals surface area contributed by atoms with Crippen LogP contribution >= 0.6 is 0 Å². The van der Waals surface area contributed by atoms with Gasteiger partial charge in [0.25, 0.3) is 0 Å². The molecule has 1 aliphatic rings. The molecule has 184 valence electrons. The molecule has 3 aromatic rings. The number of hydrogen-bond donors (Lipinski definition) is 0. The van der Waals surface area contributed by atoms with E-state index in [0.29, 0.717) is 17.4 Å². The van der Waals surface area contributed by atoms with Crippen molar-refractivity contribution >= 4 is 0 Å². The molecule has 1 aliphatic carbocycles. The minimum absolute atomic E-state index is 0.0240. The average Bonchev–Trinajstić information content (AvgIpc) is 2.86. The Morgan fingerprint density at radius 1 is 0.886 bits per heavy atom. The third-order valence-corrected chi connectivity index (χ3v) is 6.53. The molecular formula is C29H28F4O2. The number of allylic oxidation sites excluding steroid dienone is 1. The van der Waals surface area contributed by atoms with Crippen LogP contribution in [0.2, 0.25) is 0 Å². The first-order chi connectivity index (χ1) is 16.8. The van der Waals surface area contributed by atoms with Crippen molar-refractivity contribution in [2.75, 3.05) is 6.61 Å². The van der Waals surface area contributed by atoms with E-state index in [1.165, 1.54) is 18.2 Å². The molecule has 0 spiro atoms. The van der Waals surface area contributed by atoms with Crippen LogP contribution < -0.4 is 9.47 Å². The zero-order valence-electron chi connectivity index (χ0n) is 19.6. The average molecular weight is 485 g/mol. The maximum absolute atomic E-state index is 14.6. The van der Waals surface area contributed by atoms with E-state index in [0.717, 1.165) is 42.9 Å². The molecule has 0 heterocycles. The Labute approximate surface area is 203 Å². The van der Waals surface area contributed by atoms with E-state index in [9.17, 15) is 17.6 Å². The van der Waals surface area contributed by atoms with E-state index in [1.807, 2.05) is 13.0 Å². The summed E-state index contributed by atoms with van der Waals surface area (Å²) in [5.41, 5.74) is 2.56. The fourth-order valence-electron chi connectivity index (χ4n) is 4.46.